The summed E-state index contributed by atoms with van der Waals surface area (Å²) >= 11 is 0. The summed E-state index contributed by atoms with van der Waals surface area (Å²) in [5.41, 5.74) is 1.55. The van der Waals surface area contributed by atoms with Crippen LogP contribution in [0.3, 0.4) is 0 Å². The fourth-order valence-corrected chi connectivity index (χ4v) is 10.5. The number of esters is 1. The number of benzene rings is 1. The summed E-state index contributed by atoms with van der Waals surface area (Å²) in [7, 11) is -3.74. The molecule has 1 aromatic rings. The molecule has 0 N–H and O–H groups in total. The summed E-state index contributed by atoms with van der Waals surface area (Å²) in [4.78, 5) is 11.9. The van der Waals surface area contributed by atoms with E-state index >= 15 is 0 Å². The summed E-state index contributed by atoms with van der Waals surface area (Å²) in [5, 5.41) is 0. The Balaban J connectivity index is 1.28. The van der Waals surface area contributed by atoms with Crippen molar-refractivity contribution in [1.29, 1.82) is 0 Å². The van der Waals surface area contributed by atoms with Gasteiger partial charge < -0.3 is 4.74 Å². The van der Waals surface area contributed by atoms with Crippen LogP contribution in [0.25, 0.3) is 0 Å². The molecule has 4 fully saturated rings. The van der Waals surface area contributed by atoms with Gasteiger partial charge >= 0.3 is 5.97 Å². The van der Waals surface area contributed by atoms with Gasteiger partial charge in [0.05, 0.1) is 11.0 Å². The first-order valence-corrected chi connectivity index (χ1v) is 15.5. The first kappa shape index (κ1) is 26.2. The molecule has 0 heterocycles. The first-order chi connectivity index (χ1) is 16.9. The monoisotopic (exact) mass is 516 g/mol. The molecule has 5 nitrogen and oxygen atoms in total. The van der Waals surface area contributed by atoms with Crippen molar-refractivity contribution in [3.63, 3.8) is 0 Å². The van der Waals surface area contributed by atoms with Crippen molar-refractivity contribution >= 4 is 16.1 Å². The molecule has 0 radical (unpaired) electrons. The van der Waals surface area contributed by atoms with Gasteiger partial charge in [0.2, 0.25) is 0 Å². The van der Waals surface area contributed by atoms with Gasteiger partial charge in [0.15, 0.2) is 0 Å². The summed E-state index contributed by atoms with van der Waals surface area (Å²) in [6.07, 6.45) is 9.72. The van der Waals surface area contributed by atoms with E-state index in [1.807, 2.05) is 19.1 Å². The first-order valence-electron chi connectivity index (χ1n) is 14.1. The van der Waals surface area contributed by atoms with Gasteiger partial charge in [-0.05, 0) is 118 Å². The van der Waals surface area contributed by atoms with Gasteiger partial charge in [-0.1, -0.05) is 31.5 Å². The van der Waals surface area contributed by atoms with Crippen LogP contribution < -0.4 is 0 Å². The molecular weight excluding hydrogens is 472 g/mol. The lowest BCUT2D eigenvalue weighted by Gasteiger charge is -2.61. The average Bonchev–Trinajstić information content (AvgIpc) is 3.16. The number of fused-ring (bicyclic) bond motifs is 5. The number of hydrogen-bond donors (Lipinski definition) is 0. The zero-order valence-electron chi connectivity index (χ0n) is 22.7. The molecule has 6 heteroatoms. The van der Waals surface area contributed by atoms with E-state index in [9.17, 15) is 13.2 Å². The minimum Gasteiger partial charge on any atom is -0.463 e. The predicted octanol–water partition coefficient (Wildman–Crippen LogP) is 6.68. The molecule has 200 valence electrons. The van der Waals surface area contributed by atoms with Crippen molar-refractivity contribution in [1.82, 2.24) is 0 Å². The number of carbonyl (C=O) groups is 1. The summed E-state index contributed by atoms with van der Waals surface area (Å²) in [6.45, 7) is 10.5. The third-order valence-electron chi connectivity index (χ3n) is 11.2. The summed E-state index contributed by atoms with van der Waals surface area (Å²) in [6, 6.07) is 6.96. The van der Waals surface area contributed by atoms with Crippen LogP contribution in [0.2, 0.25) is 0 Å². The average molecular weight is 517 g/mol. The SMILES string of the molecule is CC(=O)OC(C)C1CCC2C3CCC4CC(OS(=O)(=O)c5ccc(C)cc5)CCC4(C)C3CCC12C. The Morgan fingerprint density at radius 1 is 0.944 bits per heavy atom. The van der Waals surface area contributed by atoms with E-state index in [0.29, 0.717) is 23.7 Å². The molecule has 0 saturated heterocycles. The molecule has 9 atom stereocenters. The van der Waals surface area contributed by atoms with Crippen LogP contribution in [0.15, 0.2) is 29.2 Å². The number of hydrogen-bond acceptors (Lipinski definition) is 5. The molecule has 0 aliphatic heterocycles. The third kappa shape index (κ3) is 4.44. The maximum absolute atomic E-state index is 12.9. The smallest absolute Gasteiger partial charge is 0.302 e. The number of ether oxygens (including phenoxy) is 1. The van der Waals surface area contributed by atoms with E-state index in [1.165, 1.54) is 39.0 Å². The van der Waals surface area contributed by atoms with Crippen LogP contribution >= 0.6 is 0 Å². The van der Waals surface area contributed by atoms with E-state index in [1.54, 1.807) is 12.1 Å². The van der Waals surface area contributed by atoms with Gasteiger partial charge in [-0.3, -0.25) is 8.98 Å². The molecule has 4 aliphatic rings. The van der Waals surface area contributed by atoms with E-state index in [2.05, 4.69) is 20.8 Å². The Morgan fingerprint density at radius 2 is 1.61 bits per heavy atom. The van der Waals surface area contributed by atoms with Crippen LogP contribution in [-0.4, -0.2) is 26.6 Å². The van der Waals surface area contributed by atoms with Crippen LogP contribution in [0.5, 0.6) is 0 Å². The quantitative estimate of drug-likeness (QED) is 0.322. The lowest BCUT2D eigenvalue weighted by molar-refractivity contribution is -0.155. The van der Waals surface area contributed by atoms with Gasteiger partial charge in [-0.15, -0.1) is 0 Å². The third-order valence-corrected chi connectivity index (χ3v) is 12.6. The zero-order valence-corrected chi connectivity index (χ0v) is 23.5. The van der Waals surface area contributed by atoms with Crippen LogP contribution in [-0.2, 0) is 23.8 Å². The molecule has 0 amide bonds. The van der Waals surface area contributed by atoms with E-state index < -0.39 is 10.1 Å². The molecule has 9 unspecified atom stereocenters. The fourth-order valence-electron chi connectivity index (χ4n) is 9.40. The highest BCUT2D eigenvalue weighted by Gasteiger charge is 2.61. The maximum atomic E-state index is 12.9. The second-order valence-electron chi connectivity index (χ2n) is 13.0. The van der Waals surface area contributed by atoms with Gasteiger partial charge in [0.1, 0.15) is 6.10 Å². The van der Waals surface area contributed by atoms with Gasteiger partial charge in [0, 0.05) is 12.8 Å². The normalized spacial score (nSPS) is 41.0. The standard InChI is InChI=1S/C30H44O5S/c1-19-6-9-24(10-7-19)36(32,33)35-23-14-16-29(4)22(18-23)8-11-25-27-13-12-26(20(2)34-21(3)31)30(27,5)17-15-28(25)29/h6-7,9-10,20,22-23,25-28H,8,11-18H2,1-5H3. The largest absolute Gasteiger partial charge is 0.463 e. The Morgan fingerprint density at radius 3 is 2.31 bits per heavy atom. The Bertz CT molecular complexity index is 1080. The van der Waals surface area contributed by atoms with E-state index in [4.69, 9.17) is 8.92 Å². The van der Waals surface area contributed by atoms with Crippen molar-refractivity contribution < 1.29 is 22.1 Å². The maximum Gasteiger partial charge on any atom is 0.302 e. The number of carbonyl (C=O) groups excluding carboxylic acids is 1. The Kier molecular flexibility index (Phi) is 6.85. The van der Waals surface area contributed by atoms with E-state index in [0.717, 1.165) is 37.2 Å². The van der Waals surface area contributed by atoms with Crippen LogP contribution in [0.1, 0.15) is 91.0 Å². The lowest BCUT2D eigenvalue weighted by Crippen LogP contribution is -2.54. The fraction of sp³-hybridized carbons (Fsp3) is 0.767. The lowest BCUT2D eigenvalue weighted by atomic mass is 9.44. The molecule has 4 aliphatic carbocycles. The van der Waals surface area contributed by atoms with Crippen molar-refractivity contribution in [2.75, 3.05) is 0 Å². The molecule has 4 saturated carbocycles. The molecule has 0 bridgehead atoms. The van der Waals surface area contributed by atoms with Crippen molar-refractivity contribution in [3.05, 3.63) is 29.8 Å². The molecule has 36 heavy (non-hydrogen) atoms. The highest BCUT2D eigenvalue weighted by molar-refractivity contribution is 7.86. The van der Waals surface area contributed by atoms with Crippen LogP contribution in [0, 0.1) is 47.3 Å². The zero-order chi connectivity index (χ0) is 25.9. The highest BCUT2D eigenvalue weighted by Crippen LogP contribution is 2.68. The Hall–Kier alpha value is -1.40. The minimum absolute atomic E-state index is 0.0101. The molecule has 1 aromatic carbocycles. The molecular formula is C30H44O5S. The van der Waals surface area contributed by atoms with Gasteiger partial charge in [-0.25, -0.2) is 0 Å². The number of rotatable bonds is 5. The highest BCUT2D eigenvalue weighted by atomic mass is 32.2. The second kappa shape index (κ2) is 9.41. The molecule has 5 rings (SSSR count). The van der Waals surface area contributed by atoms with Gasteiger partial charge in [-0.2, -0.15) is 8.42 Å². The Labute approximate surface area is 217 Å². The summed E-state index contributed by atoms with van der Waals surface area (Å²) < 4.78 is 37.4. The summed E-state index contributed by atoms with van der Waals surface area (Å²) in [5.74, 6) is 2.94. The minimum atomic E-state index is -3.74. The van der Waals surface area contributed by atoms with Crippen molar-refractivity contribution in [2.45, 2.75) is 110 Å². The second-order valence-corrected chi connectivity index (χ2v) is 14.5. The predicted molar refractivity (Wildman–Crippen MR) is 140 cm³/mol. The number of aryl methyl sites for hydroxylation is 1. The van der Waals surface area contributed by atoms with Crippen LogP contribution in [0.4, 0.5) is 0 Å². The van der Waals surface area contributed by atoms with E-state index in [-0.39, 0.29) is 33.9 Å². The molecule has 0 spiro atoms. The van der Waals surface area contributed by atoms with Crippen molar-refractivity contribution in [2.24, 2.45) is 40.4 Å². The van der Waals surface area contributed by atoms with Gasteiger partial charge in [0.25, 0.3) is 10.1 Å². The molecule has 0 aromatic heterocycles. The van der Waals surface area contributed by atoms with Crippen molar-refractivity contribution in [3.8, 4) is 0 Å². The topological polar surface area (TPSA) is 69.7 Å².